The summed E-state index contributed by atoms with van der Waals surface area (Å²) in [6.45, 7) is 5.09. The zero-order valence-electron chi connectivity index (χ0n) is 17.7. The van der Waals surface area contributed by atoms with Crippen LogP contribution in [0.25, 0.3) is 11.0 Å². The molecule has 1 amide bonds. The van der Waals surface area contributed by atoms with E-state index in [9.17, 15) is 9.18 Å². The van der Waals surface area contributed by atoms with Gasteiger partial charge in [0.05, 0.1) is 17.6 Å². The van der Waals surface area contributed by atoms with Crippen molar-refractivity contribution in [2.75, 3.05) is 11.4 Å². The van der Waals surface area contributed by atoms with E-state index in [1.165, 1.54) is 17.2 Å². The molecule has 0 N–H and O–H groups in total. The minimum absolute atomic E-state index is 0.0479. The van der Waals surface area contributed by atoms with Crippen LogP contribution < -0.4 is 4.90 Å². The van der Waals surface area contributed by atoms with E-state index in [-0.39, 0.29) is 17.6 Å². The number of halogens is 1. The Kier molecular flexibility index (Phi) is 4.81. The van der Waals surface area contributed by atoms with Gasteiger partial charge >= 0.3 is 0 Å². The lowest BCUT2D eigenvalue weighted by Gasteiger charge is -2.18. The highest BCUT2D eigenvalue weighted by Gasteiger charge is 2.35. The summed E-state index contributed by atoms with van der Waals surface area (Å²) in [6.07, 6.45) is 0.396. The van der Waals surface area contributed by atoms with E-state index in [1.54, 1.807) is 12.1 Å². The van der Waals surface area contributed by atoms with Crippen molar-refractivity contribution in [2.24, 2.45) is 0 Å². The molecule has 4 nitrogen and oxygen atoms in total. The monoisotopic (exact) mass is 413 g/mol. The summed E-state index contributed by atoms with van der Waals surface area (Å²) in [5.74, 6) is 0.653. The molecule has 1 atom stereocenters. The molecule has 0 aliphatic carbocycles. The highest BCUT2D eigenvalue weighted by molar-refractivity contribution is 5.96. The third-order valence-corrected chi connectivity index (χ3v) is 6.26. The smallest absolute Gasteiger partial charge is 0.227 e. The summed E-state index contributed by atoms with van der Waals surface area (Å²) >= 11 is 0. The molecule has 0 bridgehead atoms. The molecule has 1 aromatic heterocycles. The van der Waals surface area contributed by atoms with Gasteiger partial charge in [0.2, 0.25) is 5.91 Å². The molecule has 1 aliphatic heterocycles. The van der Waals surface area contributed by atoms with Gasteiger partial charge < -0.3 is 9.47 Å². The molecule has 31 heavy (non-hydrogen) atoms. The number of hydrogen-bond acceptors (Lipinski definition) is 2. The lowest BCUT2D eigenvalue weighted by Crippen LogP contribution is -2.24. The Morgan fingerprint density at radius 1 is 1.00 bits per heavy atom. The van der Waals surface area contributed by atoms with Crippen LogP contribution in [0.3, 0.4) is 0 Å². The quantitative estimate of drug-likeness (QED) is 0.452. The molecule has 2 heterocycles. The maximum Gasteiger partial charge on any atom is 0.227 e. The van der Waals surface area contributed by atoms with Crippen LogP contribution in [0.5, 0.6) is 0 Å². The third-order valence-electron chi connectivity index (χ3n) is 6.26. The highest BCUT2D eigenvalue weighted by atomic mass is 19.1. The number of amides is 1. The normalized spacial score (nSPS) is 16.4. The Morgan fingerprint density at radius 2 is 1.77 bits per heavy atom. The Labute approximate surface area is 181 Å². The van der Waals surface area contributed by atoms with Crippen molar-refractivity contribution < 1.29 is 9.18 Å². The Balaban J connectivity index is 1.53. The van der Waals surface area contributed by atoms with Crippen LogP contribution in [-0.4, -0.2) is 22.0 Å². The van der Waals surface area contributed by atoms with E-state index < -0.39 is 0 Å². The number of carbonyl (C=O) groups excluding carboxylic acids is 1. The molecular formula is C26H24FN3O. The first-order valence-corrected chi connectivity index (χ1v) is 10.6. The number of hydrogen-bond donors (Lipinski definition) is 0. The SMILES string of the molecule is Cc1ccc(N2C[C@@H](c3nc4ccccc4n3Cc3ccccc3F)CC2=O)cc1C. The molecule has 5 rings (SSSR count). The van der Waals surface area contributed by atoms with Gasteiger partial charge in [0.1, 0.15) is 11.6 Å². The van der Waals surface area contributed by atoms with Crippen molar-refractivity contribution in [1.29, 1.82) is 0 Å². The van der Waals surface area contributed by atoms with Gasteiger partial charge in [-0.3, -0.25) is 4.79 Å². The second kappa shape index (κ2) is 7.65. The molecule has 3 aromatic carbocycles. The summed E-state index contributed by atoms with van der Waals surface area (Å²) in [4.78, 5) is 19.6. The third kappa shape index (κ3) is 3.50. The van der Waals surface area contributed by atoms with Crippen molar-refractivity contribution in [1.82, 2.24) is 9.55 Å². The summed E-state index contributed by atoms with van der Waals surface area (Å²) in [5, 5.41) is 0. The largest absolute Gasteiger partial charge is 0.323 e. The first-order valence-electron chi connectivity index (χ1n) is 10.6. The molecule has 0 unspecified atom stereocenters. The van der Waals surface area contributed by atoms with Crippen LogP contribution in [-0.2, 0) is 11.3 Å². The fraction of sp³-hybridized carbons (Fsp3) is 0.231. The summed E-state index contributed by atoms with van der Waals surface area (Å²) < 4.78 is 16.5. The van der Waals surface area contributed by atoms with Crippen LogP contribution in [0.1, 0.15) is 34.9 Å². The second-order valence-corrected chi connectivity index (χ2v) is 8.31. The molecular weight excluding hydrogens is 389 g/mol. The first kappa shape index (κ1) is 19.5. The van der Waals surface area contributed by atoms with Gasteiger partial charge in [0, 0.05) is 30.1 Å². The number of benzene rings is 3. The molecule has 1 saturated heterocycles. The van der Waals surface area contributed by atoms with E-state index in [0.29, 0.717) is 25.1 Å². The second-order valence-electron chi connectivity index (χ2n) is 8.31. The number of fused-ring (bicyclic) bond motifs is 1. The van der Waals surface area contributed by atoms with Crippen LogP contribution >= 0.6 is 0 Å². The van der Waals surface area contributed by atoms with Crippen molar-refractivity contribution in [3.05, 3.63) is 95.1 Å². The average molecular weight is 413 g/mol. The van der Waals surface area contributed by atoms with Gasteiger partial charge in [-0.15, -0.1) is 0 Å². The lowest BCUT2D eigenvalue weighted by atomic mass is 10.1. The van der Waals surface area contributed by atoms with Gasteiger partial charge in [-0.2, -0.15) is 0 Å². The maximum absolute atomic E-state index is 14.4. The predicted octanol–water partition coefficient (Wildman–Crippen LogP) is 5.36. The highest BCUT2D eigenvalue weighted by Crippen LogP contribution is 2.34. The van der Waals surface area contributed by atoms with Crippen molar-refractivity contribution in [2.45, 2.75) is 32.7 Å². The molecule has 1 aliphatic rings. The summed E-state index contributed by atoms with van der Waals surface area (Å²) in [6, 6.07) is 20.8. The lowest BCUT2D eigenvalue weighted by molar-refractivity contribution is -0.117. The number of aromatic nitrogens is 2. The van der Waals surface area contributed by atoms with Crippen LogP contribution in [0.4, 0.5) is 10.1 Å². The number of aryl methyl sites for hydroxylation is 2. The average Bonchev–Trinajstić information content (AvgIpc) is 3.32. The van der Waals surface area contributed by atoms with Gasteiger partial charge in [0.25, 0.3) is 0 Å². The minimum atomic E-state index is -0.231. The Hall–Kier alpha value is -3.47. The molecule has 0 saturated carbocycles. The molecule has 156 valence electrons. The number of imidazole rings is 1. The zero-order valence-corrected chi connectivity index (χ0v) is 17.7. The fourth-order valence-corrected chi connectivity index (χ4v) is 4.39. The van der Waals surface area contributed by atoms with E-state index in [4.69, 9.17) is 4.98 Å². The standard InChI is InChI=1S/C26H24FN3O/c1-17-11-12-21(13-18(17)2)29-16-20(14-25(29)31)26-28-23-9-5-6-10-24(23)30(26)15-19-7-3-4-8-22(19)27/h3-13,20H,14-16H2,1-2H3/t20-/m0/s1. The number of para-hydroxylation sites is 2. The zero-order chi connectivity index (χ0) is 21.5. The fourth-order valence-electron chi connectivity index (χ4n) is 4.39. The molecule has 5 heteroatoms. The maximum atomic E-state index is 14.4. The minimum Gasteiger partial charge on any atom is -0.323 e. The van der Waals surface area contributed by atoms with Crippen LogP contribution in [0, 0.1) is 19.7 Å². The van der Waals surface area contributed by atoms with E-state index in [0.717, 1.165) is 22.5 Å². The molecule has 0 spiro atoms. The Morgan fingerprint density at radius 3 is 2.58 bits per heavy atom. The van der Waals surface area contributed by atoms with Crippen LogP contribution in [0.2, 0.25) is 0 Å². The first-order chi connectivity index (χ1) is 15.0. The van der Waals surface area contributed by atoms with Crippen molar-refractivity contribution in [3.8, 4) is 0 Å². The Bertz CT molecular complexity index is 1290. The summed E-state index contributed by atoms with van der Waals surface area (Å²) in [5.41, 5.74) is 5.73. The van der Waals surface area contributed by atoms with Crippen LogP contribution in [0.15, 0.2) is 66.7 Å². The summed E-state index contributed by atoms with van der Waals surface area (Å²) in [7, 11) is 0. The van der Waals surface area contributed by atoms with Gasteiger partial charge in [0.15, 0.2) is 0 Å². The predicted molar refractivity (Wildman–Crippen MR) is 121 cm³/mol. The van der Waals surface area contributed by atoms with Crippen molar-refractivity contribution >= 4 is 22.6 Å². The van der Waals surface area contributed by atoms with Gasteiger partial charge in [-0.1, -0.05) is 36.4 Å². The molecule has 4 aromatic rings. The number of anilines is 1. The topological polar surface area (TPSA) is 38.1 Å². The van der Waals surface area contributed by atoms with E-state index >= 15 is 0 Å². The van der Waals surface area contributed by atoms with Gasteiger partial charge in [-0.05, 0) is 55.3 Å². The molecule has 0 radical (unpaired) electrons. The van der Waals surface area contributed by atoms with Crippen molar-refractivity contribution in [3.63, 3.8) is 0 Å². The number of nitrogens with zero attached hydrogens (tertiary/aromatic N) is 3. The van der Waals surface area contributed by atoms with E-state index in [2.05, 4.69) is 30.5 Å². The van der Waals surface area contributed by atoms with Gasteiger partial charge in [-0.25, -0.2) is 9.37 Å². The molecule has 1 fully saturated rings. The number of carbonyl (C=O) groups is 1. The van der Waals surface area contributed by atoms with E-state index in [1.807, 2.05) is 41.3 Å². The number of rotatable bonds is 4.